The summed E-state index contributed by atoms with van der Waals surface area (Å²) in [6.07, 6.45) is 1.13. The minimum absolute atomic E-state index is 0.0595. The van der Waals surface area contributed by atoms with Crippen molar-refractivity contribution in [2.75, 3.05) is 10.6 Å². The highest BCUT2D eigenvalue weighted by molar-refractivity contribution is 7.92. The largest absolute Gasteiger partial charge is 0.271 e. The van der Waals surface area contributed by atoms with E-state index >= 15 is 0 Å². The lowest BCUT2D eigenvalue weighted by molar-refractivity contribution is 0.0955. The molecule has 184 valence electrons. The van der Waals surface area contributed by atoms with Gasteiger partial charge in [-0.3, -0.25) is 9.10 Å². The van der Waals surface area contributed by atoms with Gasteiger partial charge in [0, 0.05) is 10.6 Å². The summed E-state index contributed by atoms with van der Waals surface area (Å²) in [7, 11) is -3.58. The fourth-order valence-corrected chi connectivity index (χ4v) is 4.51. The number of amides is 1. The summed E-state index contributed by atoms with van der Waals surface area (Å²) in [5, 5.41) is 4.71. The maximum Gasteiger partial charge on any atom is 0.271 e. The first-order chi connectivity index (χ1) is 16.4. The molecule has 0 atom stereocenters. The highest BCUT2D eigenvalue weighted by atomic mass is 35.5. The van der Waals surface area contributed by atoms with Crippen LogP contribution in [0, 0.1) is 0 Å². The van der Waals surface area contributed by atoms with E-state index in [1.807, 2.05) is 19.1 Å². The molecule has 8 heteroatoms. The number of halogens is 1. The van der Waals surface area contributed by atoms with Crippen molar-refractivity contribution in [3.63, 3.8) is 0 Å². The summed E-state index contributed by atoms with van der Waals surface area (Å²) < 4.78 is 26.1. The first-order valence-electron chi connectivity index (χ1n) is 11.1. The van der Waals surface area contributed by atoms with Gasteiger partial charge in [-0.1, -0.05) is 74.8 Å². The Morgan fingerprint density at radius 2 is 1.51 bits per heavy atom. The smallest absolute Gasteiger partial charge is 0.267 e. The number of nitrogens with one attached hydrogen (secondary N) is 1. The average Bonchev–Trinajstić information content (AvgIpc) is 2.80. The van der Waals surface area contributed by atoms with E-state index < -0.39 is 10.0 Å². The van der Waals surface area contributed by atoms with Gasteiger partial charge in [-0.25, -0.2) is 13.8 Å². The highest BCUT2D eigenvalue weighted by Crippen LogP contribution is 2.25. The van der Waals surface area contributed by atoms with Crippen molar-refractivity contribution >= 4 is 38.9 Å². The summed E-state index contributed by atoms with van der Waals surface area (Å²) in [5.41, 5.74) is 6.91. The molecule has 0 aliphatic rings. The number of hydrogen-bond acceptors (Lipinski definition) is 4. The van der Waals surface area contributed by atoms with Crippen LogP contribution in [-0.4, -0.2) is 26.3 Å². The predicted octanol–water partition coefficient (Wildman–Crippen LogP) is 5.76. The minimum Gasteiger partial charge on any atom is -0.267 e. The molecule has 0 saturated carbocycles. The molecule has 0 aromatic heterocycles. The lowest BCUT2D eigenvalue weighted by Gasteiger charge is -2.23. The van der Waals surface area contributed by atoms with Crippen molar-refractivity contribution in [3.05, 3.63) is 100 Å². The zero-order valence-corrected chi connectivity index (χ0v) is 22.1. The monoisotopic (exact) mass is 511 g/mol. The Morgan fingerprint density at radius 1 is 0.943 bits per heavy atom. The molecule has 0 aliphatic carbocycles. The SMILES string of the molecule is C/C(=N/NC(=O)c1ccc(N(Cc2ccccc2Cl)S(C)(=O)=O)cc1)c1ccc(C(C)(C)C)cc1. The van der Waals surface area contributed by atoms with E-state index in [0.29, 0.717) is 27.5 Å². The standard InChI is InChI=1S/C27H30ClN3O3S/c1-19(20-10-14-23(15-11-20)27(2,3)4)29-30-26(32)21-12-16-24(17-13-21)31(35(5,33)34)18-22-8-6-7-9-25(22)28/h6-17H,18H2,1-5H3,(H,30,32)/b29-19-. The molecule has 0 fully saturated rings. The third-order valence-corrected chi connectivity index (χ3v) is 7.09. The van der Waals surface area contributed by atoms with Crippen LogP contribution in [-0.2, 0) is 22.0 Å². The van der Waals surface area contributed by atoms with Gasteiger partial charge in [0.1, 0.15) is 0 Å². The van der Waals surface area contributed by atoms with Crippen molar-refractivity contribution in [1.82, 2.24) is 5.43 Å². The normalized spacial score (nSPS) is 12.3. The zero-order valence-electron chi connectivity index (χ0n) is 20.5. The first kappa shape index (κ1) is 26.4. The Bertz CT molecular complexity index is 1330. The summed E-state index contributed by atoms with van der Waals surface area (Å²) in [5.74, 6) is -0.390. The van der Waals surface area contributed by atoms with Crippen LogP contribution in [0.3, 0.4) is 0 Å². The zero-order chi connectivity index (χ0) is 25.8. The van der Waals surface area contributed by atoms with Crippen LogP contribution in [0.4, 0.5) is 5.69 Å². The summed E-state index contributed by atoms with van der Waals surface area (Å²) in [4.78, 5) is 12.6. The lowest BCUT2D eigenvalue weighted by Crippen LogP contribution is -2.29. The Morgan fingerprint density at radius 3 is 2.06 bits per heavy atom. The van der Waals surface area contributed by atoms with Gasteiger partial charge in [-0.2, -0.15) is 5.10 Å². The Kier molecular flexibility index (Phi) is 8.03. The van der Waals surface area contributed by atoms with E-state index in [2.05, 4.69) is 43.4 Å². The molecule has 1 amide bonds. The van der Waals surface area contributed by atoms with Gasteiger partial charge in [-0.05, 0) is 59.4 Å². The molecule has 0 bridgehead atoms. The van der Waals surface area contributed by atoms with Crippen molar-refractivity contribution in [2.45, 2.75) is 39.7 Å². The van der Waals surface area contributed by atoms with Gasteiger partial charge in [-0.15, -0.1) is 0 Å². The molecular weight excluding hydrogens is 482 g/mol. The number of anilines is 1. The Hall–Kier alpha value is -3.16. The average molecular weight is 512 g/mol. The predicted molar refractivity (Wildman–Crippen MR) is 144 cm³/mol. The quantitative estimate of drug-likeness (QED) is 0.323. The molecule has 3 aromatic rings. The van der Waals surface area contributed by atoms with Crippen molar-refractivity contribution in [3.8, 4) is 0 Å². The number of nitrogens with zero attached hydrogens (tertiary/aromatic N) is 2. The van der Waals surface area contributed by atoms with Crippen LogP contribution < -0.4 is 9.73 Å². The molecule has 0 radical (unpaired) electrons. The maximum absolute atomic E-state index is 12.6. The van der Waals surface area contributed by atoms with Crippen LogP contribution in [0.15, 0.2) is 77.9 Å². The van der Waals surface area contributed by atoms with Crippen molar-refractivity contribution in [1.29, 1.82) is 0 Å². The van der Waals surface area contributed by atoms with E-state index in [-0.39, 0.29) is 17.9 Å². The summed E-state index contributed by atoms with van der Waals surface area (Å²) >= 11 is 6.22. The second-order valence-electron chi connectivity index (χ2n) is 9.37. The molecule has 0 saturated heterocycles. The van der Waals surface area contributed by atoms with Gasteiger partial charge in [0.05, 0.1) is 24.2 Å². The molecule has 0 unspecified atom stereocenters. The van der Waals surface area contributed by atoms with Gasteiger partial charge in [0.2, 0.25) is 10.0 Å². The summed E-state index contributed by atoms with van der Waals surface area (Å²) in [6, 6.07) is 21.5. The third-order valence-electron chi connectivity index (χ3n) is 5.58. The topological polar surface area (TPSA) is 78.8 Å². The molecule has 1 N–H and O–H groups in total. The van der Waals surface area contributed by atoms with Crippen LogP contribution in [0.25, 0.3) is 0 Å². The molecule has 35 heavy (non-hydrogen) atoms. The minimum atomic E-state index is -3.58. The molecular formula is C27H30ClN3O3S. The summed E-state index contributed by atoms with van der Waals surface area (Å²) in [6.45, 7) is 8.37. The molecule has 3 aromatic carbocycles. The van der Waals surface area contributed by atoms with E-state index in [1.165, 1.54) is 9.87 Å². The van der Waals surface area contributed by atoms with Crippen LogP contribution >= 0.6 is 11.6 Å². The van der Waals surface area contributed by atoms with Crippen LogP contribution in [0.2, 0.25) is 5.02 Å². The van der Waals surface area contributed by atoms with Crippen LogP contribution in [0.1, 0.15) is 54.7 Å². The van der Waals surface area contributed by atoms with Gasteiger partial charge in [0.25, 0.3) is 5.91 Å². The molecule has 6 nitrogen and oxygen atoms in total. The number of carbonyl (C=O) groups excluding carboxylic acids is 1. The number of carbonyl (C=O) groups is 1. The number of hydrogen-bond donors (Lipinski definition) is 1. The molecule has 0 aliphatic heterocycles. The number of benzene rings is 3. The number of rotatable bonds is 7. The molecule has 3 rings (SSSR count). The van der Waals surface area contributed by atoms with Crippen molar-refractivity contribution in [2.24, 2.45) is 5.10 Å². The van der Waals surface area contributed by atoms with Crippen LogP contribution in [0.5, 0.6) is 0 Å². The fourth-order valence-electron chi connectivity index (χ4n) is 3.44. The van der Waals surface area contributed by atoms with E-state index in [9.17, 15) is 13.2 Å². The van der Waals surface area contributed by atoms with Gasteiger partial charge in [0.15, 0.2) is 0 Å². The molecule has 0 spiro atoms. The lowest BCUT2D eigenvalue weighted by atomic mass is 9.86. The number of sulfonamides is 1. The third kappa shape index (κ3) is 6.93. The van der Waals surface area contributed by atoms with E-state index in [0.717, 1.165) is 11.8 Å². The van der Waals surface area contributed by atoms with Gasteiger partial charge >= 0.3 is 0 Å². The highest BCUT2D eigenvalue weighted by Gasteiger charge is 2.19. The Labute approximate surface area is 212 Å². The van der Waals surface area contributed by atoms with Crippen molar-refractivity contribution < 1.29 is 13.2 Å². The fraction of sp³-hybridized carbons (Fsp3) is 0.259. The maximum atomic E-state index is 12.6. The Balaban J connectivity index is 1.73. The second-order valence-corrected chi connectivity index (χ2v) is 11.7. The van der Waals surface area contributed by atoms with E-state index in [4.69, 9.17) is 11.6 Å². The first-order valence-corrected chi connectivity index (χ1v) is 13.4. The second kappa shape index (κ2) is 10.6. The number of hydrazone groups is 1. The molecule has 0 heterocycles. The van der Waals surface area contributed by atoms with Gasteiger partial charge < -0.3 is 0 Å². The van der Waals surface area contributed by atoms with E-state index in [1.54, 1.807) is 48.5 Å².